The summed E-state index contributed by atoms with van der Waals surface area (Å²) in [4.78, 5) is 6.85. The predicted molar refractivity (Wildman–Crippen MR) is 91.6 cm³/mol. The van der Waals surface area contributed by atoms with E-state index in [0.29, 0.717) is 0 Å². The van der Waals surface area contributed by atoms with E-state index in [0.717, 1.165) is 31.9 Å². The number of rotatable bonds is 3. The molecule has 3 heterocycles. The summed E-state index contributed by atoms with van der Waals surface area (Å²) < 4.78 is 0. The van der Waals surface area contributed by atoms with Crippen molar-refractivity contribution in [2.45, 2.75) is 19.5 Å². The Balaban J connectivity index is 1.51. The minimum absolute atomic E-state index is 0.160. The molecule has 4 nitrogen and oxygen atoms in total. The van der Waals surface area contributed by atoms with Crippen LogP contribution in [-0.2, 0) is 6.54 Å². The second-order valence-corrected chi connectivity index (χ2v) is 6.17. The summed E-state index contributed by atoms with van der Waals surface area (Å²) in [5.74, 6) is 2.81. The van der Waals surface area contributed by atoms with Crippen molar-refractivity contribution in [3.05, 3.63) is 70.7 Å². The standard InChI is InChI=1S/C19H20N4/c1-15-18-14-22(13-16-7-3-2-4-8-16)11-12-23(18)21-19(15)17-9-5-6-10-20-17/h2-5,7-9,19,21H,11-14H2,1H3. The highest BCUT2D eigenvalue weighted by Gasteiger charge is 2.34. The van der Waals surface area contributed by atoms with Crippen LogP contribution in [0.1, 0.15) is 12.5 Å². The van der Waals surface area contributed by atoms with Crippen molar-refractivity contribution in [3.63, 3.8) is 0 Å². The molecule has 3 aliphatic heterocycles. The fourth-order valence-corrected chi connectivity index (χ4v) is 3.38. The summed E-state index contributed by atoms with van der Waals surface area (Å²) in [5.41, 5.74) is 11.6. The molecule has 0 radical (unpaired) electrons. The van der Waals surface area contributed by atoms with Crippen molar-refractivity contribution in [1.29, 1.82) is 0 Å². The Bertz CT molecular complexity index is 762. The summed E-state index contributed by atoms with van der Waals surface area (Å²) in [6.45, 7) is 6.25. The van der Waals surface area contributed by atoms with Gasteiger partial charge in [-0.05, 0) is 35.9 Å². The fourth-order valence-electron chi connectivity index (χ4n) is 3.38. The monoisotopic (exact) mass is 304 g/mol. The Kier molecular flexibility index (Phi) is 3.74. The molecule has 1 aromatic carbocycles. The molecule has 4 heteroatoms. The van der Waals surface area contributed by atoms with E-state index >= 15 is 0 Å². The largest absolute Gasteiger partial charge is 0.309 e. The minimum Gasteiger partial charge on any atom is -0.309 e. The smallest absolute Gasteiger partial charge is 0.0919 e. The molecule has 1 unspecified atom stereocenters. The van der Waals surface area contributed by atoms with Crippen LogP contribution in [0.15, 0.2) is 70.2 Å². The van der Waals surface area contributed by atoms with Gasteiger partial charge in [0.15, 0.2) is 0 Å². The molecule has 23 heavy (non-hydrogen) atoms. The molecule has 1 fully saturated rings. The average molecular weight is 304 g/mol. The summed E-state index contributed by atoms with van der Waals surface area (Å²) in [7, 11) is 0. The minimum atomic E-state index is 0.160. The third-order valence-corrected chi connectivity index (χ3v) is 4.64. The Morgan fingerprint density at radius 2 is 2.13 bits per heavy atom. The normalized spacial score (nSPS) is 23.4. The van der Waals surface area contributed by atoms with Crippen LogP contribution in [0.2, 0.25) is 0 Å². The Hall–Kier alpha value is -2.35. The zero-order valence-corrected chi connectivity index (χ0v) is 13.3. The van der Waals surface area contributed by atoms with E-state index in [-0.39, 0.29) is 6.04 Å². The van der Waals surface area contributed by atoms with Gasteiger partial charge >= 0.3 is 0 Å². The second kappa shape index (κ2) is 6.04. The van der Waals surface area contributed by atoms with E-state index in [1.165, 1.54) is 16.8 Å². The van der Waals surface area contributed by atoms with E-state index in [9.17, 15) is 0 Å². The SMILES string of the molecule is CC1=C2CN(Cc3ccccc3)CCN2NC1C1=CC=C=C=N1. The van der Waals surface area contributed by atoms with Crippen LogP contribution in [0.5, 0.6) is 0 Å². The molecular formula is C19H20N4. The third kappa shape index (κ3) is 2.81. The number of benzene rings is 1. The van der Waals surface area contributed by atoms with Crippen molar-refractivity contribution >= 4 is 5.87 Å². The van der Waals surface area contributed by atoms with Crippen LogP contribution >= 0.6 is 0 Å². The summed E-state index contributed by atoms with van der Waals surface area (Å²) in [6, 6.07) is 10.8. The molecule has 1 atom stereocenters. The maximum Gasteiger partial charge on any atom is 0.0919 e. The molecule has 0 amide bonds. The maximum absolute atomic E-state index is 4.34. The van der Waals surface area contributed by atoms with Gasteiger partial charge in [0, 0.05) is 37.7 Å². The molecule has 1 aromatic rings. The van der Waals surface area contributed by atoms with Crippen molar-refractivity contribution in [2.24, 2.45) is 4.99 Å². The highest BCUT2D eigenvalue weighted by atomic mass is 15.6. The Morgan fingerprint density at radius 3 is 2.91 bits per heavy atom. The van der Waals surface area contributed by atoms with Gasteiger partial charge in [0.25, 0.3) is 0 Å². The number of aliphatic imine (C=N–C) groups is 1. The molecule has 4 rings (SSSR count). The predicted octanol–water partition coefficient (Wildman–Crippen LogP) is 2.24. The Labute approximate surface area is 136 Å². The van der Waals surface area contributed by atoms with E-state index in [1.54, 1.807) is 0 Å². The third-order valence-electron chi connectivity index (χ3n) is 4.64. The van der Waals surface area contributed by atoms with Gasteiger partial charge in [0.2, 0.25) is 0 Å². The van der Waals surface area contributed by atoms with E-state index in [1.807, 2.05) is 12.2 Å². The number of fused-ring (bicyclic) bond motifs is 1. The van der Waals surface area contributed by atoms with Gasteiger partial charge in [-0.3, -0.25) is 4.90 Å². The molecule has 1 N–H and O–H groups in total. The second-order valence-electron chi connectivity index (χ2n) is 6.17. The molecule has 0 spiro atoms. The van der Waals surface area contributed by atoms with Gasteiger partial charge in [-0.25, -0.2) is 5.43 Å². The first-order chi connectivity index (χ1) is 11.3. The average Bonchev–Trinajstić information content (AvgIpc) is 2.93. The van der Waals surface area contributed by atoms with Gasteiger partial charge in [0.1, 0.15) is 0 Å². The topological polar surface area (TPSA) is 30.9 Å². The molecule has 1 saturated heterocycles. The van der Waals surface area contributed by atoms with Gasteiger partial charge in [-0.15, -0.1) is 0 Å². The number of hydrogen-bond acceptors (Lipinski definition) is 4. The number of piperazine rings is 1. The van der Waals surface area contributed by atoms with E-state index in [2.05, 4.69) is 69.2 Å². The van der Waals surface area contributed by atoms with Crippen LogP contribution in [0.3, 0.4) is 0 Å². The summed E-state index contributed by atoms with van der Waals surface area (Å²) >= 11 is 0. The van der Waals surface area contributed by atoms with Crippen LogP contribution < -0.4 is 5.43 Å². The number of allylic oxidation sites excluding steroid dienone is 2. The highest BCUT2D eigenvalue weighted by molar-refractivity contribution is 5.57. The quantitative estimate of drug-likeness (QED) is 0.869. The molecule has 0 saturated carbocycles. The van der Waals surface area contributed by atoms with Crippen LogP contribution in [0.25, 0.3) is 0 Å². The Morgan fingerprint density at radius 1 is 1.26 bits per heavy atom. The molecular weight excluding hydrogens is 284 g/mol. The number of nitrogens with one attached hydrogen (secondary N) is 1. The van der Waals surface area contributed by atoms with Crippen LogP contribution in [0.4, 0.5) is 0 Å². The summed E-state index contributed by atoms with van der Waals surface area (Å²) in [5, 5.41) is 2.29. The maximum atomic E-state index is 4.34. The molecule has 0 bridgehead atoms. The van der Waals surface area contributed by atoms with Gasteiger partial charge in [-0.2, -0.15) is 4.99 Å². The zero-order chi connectivity index (χ0) is 15.6. The van der Waals surface area contributed by atoms with Crippen LogP contribution in [-0.4, -0.2) is 41.5 Å². The van der Waals surface area contributed by atoms with Crippen molar-refractivity contribution in [1.82, 2.24) is 15.3 Å². The van der Waals surface area contributed by atoms with Crippen molar-refractivity contribution < 1.29 is 0 Å². The van der Waals surface area contributed by atoms with E-state index < -0.39 is 0 Å². The van der Waals surface area contributed by atoms with Gasteiger partial charge < -0.3 is 5.01 Å². The lowest BCUT2D eigenvalue weighted by atomic mass is 10.0. The molecule has 0 aromatic heterocycles. The lowest BCUT2D eigenvalue weighted by Gasteiger charge is -2.35. The zero-order valence-electron chi connectivity index (χ0n) is 13.3. The first-order valence-electron chi connectivity index (χ1n) is 8.05. The number of hydrazine groups is 1. The van der Waals surface area contributed by atoms with Crippen molar-refractivity contribution in [2.75, 3.05) is 19.6 Å². The van der Waals surface area contributed by atoms with E-state index in [4.69, 9.17) is 0 Å². The number of hydrogen-bond donors (Lipinski definition) is 1. The first kappa shape index (κ1) is 14.3. The fraction of sp³-hybridized carbons (Fsp3) is 0.316. The summed E-state index contributed by atoms with van der Waals surface area (Å²) in [6.07, 6.45) is 3.89. The lowest BCUT2D eigenvalue weighted by Crippen LogP contribution is -2.48. The highest BCUT2D eigenvalue weighted by Crippen LogP contribution is 2.29. The first-order valence-corrected chi connectivity index (χ1v) is 8.05. The van der Waals surface area contributed by atoms with Gasteiger partial charge in [-0.1, -0.05) is 30.3 Å². The molecule has 116 valence electrons. The molecule has 0 aliphatic carbocycles. The van der Waals surface area contributed by atoms with Gasteiger partial charge in [0.05, 0.1) is 11.7 Å². The number of nitrogens with zero attached hydrogens (tertiary/aromatic N) is 3. The van der Waals surface area contributed by atoms with Crippen molar-refractivity contribution in [3.8, 4) is 0 Å². The lowest BCUT2D eigenvalue weighted by molar-refractivity contribution is 0.142. The van der Waals surface area contributed by atoms with Crippen LogP contribution in [0, 0.1) is 0 Å². The molecule has 3 aliphatic rings.